The number of rotatable bonds is 4. The highest BCUT2D eigenvalue weighted by molar-refractivity contribution is 5.75. The Hall–Kier alpha value is -0.710. The fourth-order valence-corrected chi connectivity index (χ4v) is 0.399. The van der Waals surface area contributed by atoms with E-state index in [1.807, 2.05) is 0 Å². The first kappa shape index (κ1) is 11.3. The average molecular weight is 182 g/mol. The maximum Gasteiger partial charge on any atom is 0.314 e. The van der Waals surface area contributed by atoms with Crippen LogP contribution >= 0.6 is 0 Å². The molecule has 0 bridgehead atoms. The Labute approximate surface area is 69.3 Å². The second-order valence-corrected chi connectivity index (χ2v) is 3.03. The quantitative estimate of drug-likeness (QED) is 0.654. The van der Waals surface area contributed by atoms with Crippen molar-refractivity contribution in [1.82, 2.24) is 0 Å². The van der Waals surface area contributed by atoms with Crippen LogP contribution < -0.4 is 0 Å². The number of aliphatic hydroxyl groups excluding tert-OH is 1. The molecule has 0 radical (unpaired) electrons. The number of aliphatic hydroxyl groups is 1. The summed E-state index contributed by atoms with van der Waals surface area (Å²) < 4.78 is 27.3. The minimum atomic E-state index is -2.66. The highest BCUT2D eigenvalue weighted by Gasteiger charge is 2.28. The van der Waals surface area contributed by atoms with E-state index in [9.17, 15) is 13.6 Å². The first-order chi connectivity index (χ1) is 5.40. The molecule has 0 unspecified atom stereocenters. The van der Waals surface area contributed by atoms with Gasteiger partial charge in [0.15, 0.2) is 6.61 Å². The summed E-state index contributed by atoms with van der Waals surface area (Å²) in [5.41, 5.74) is -1.10. The Morgan fingerprint density at radius 1 is 1.58 bits per heavy atom. The van der Waals surface area contributed by atoms with Crippen LogP contribution in [-0.4, -0.2) is 30.7 Å². The van der Waals surface area contributed by atoms with E-state index in [0.717, 1.165) is 0 Å². The zero-order valence-electron chi connectivity index (χ0n) is 7.01. The van der Waals surface area contributed by atoms with E-state index in [1.54, 1.807) is 0 Å². The summed E-state index contributed by atoms with van der Waals surface area (Å²) in [6.07, 6.45) is -2.66. The number of halogens is 2. The summed E-state index contributed by atoms with van der Waals surface area (Å²) in [4.78, 5) is 10.9. The third-order valence-corrected chi connectivity index (χ3v) is 1.29. The topological polar surface area (TPSA) is 46.5 Å². The lowest BCUT2D eigenvalue weighted by Gasteiger charge is -2.18. The molecular formula is C7H12F2O3. The third kappa shape index (κ3) is 3.61. The van der Waals surface area contributed by atoms with Crippen LogP contribution in [-0.2, 0) is 9.53 Å². The molecule has 12 heavy (non-hydrogen) atoms. The van der Waals surface area contributed by atoms with E-state index in [1.165, 1.54) is 13.8 Å². The van der Waals surface area contributed by atoms with Crippen molar-refractivity contribution in [2.75, 3.05) is 13.2 Å². The van der Waals surface area contributed by atoms with Gasteiger partial charge < -0.3 is 9.84 Å². The molecule has 0 saturated heterocycles. The van der Waals surface area contributed by atoms with Crippen molar-refractivity contribution in [3.05, 3.63) is 0 Å². The molecule has 0 fully saturated rings. The molecule has 0 aromatic rings. The van der Waals surface area contributed by atoms with Gasteiger partial charge in [-0.1, -0.05) is 0 Å². The van der Waals surface area contributed by atoms with E-state index < -0.39 is 31.0 Å². The van der Waals surface area contributed by atoms with Crippen molar-refractivity contribution in [3.8, 4) is 0 Å². The van der Waals surface area contributed by atoms with Gasteiger partial charge in [-0.15, -0.1) is 0 Å². The maximum absolute atomic E-state index is 11.5. The lowest BCUT2D eigenvalue weighted by atomic mass is 9.95. The van der Waals surface area contributed by atoms with Crippen LogP contribution in [0.2, 0.25) is 0 Å². The van der Waals surface area contributed by atoms with Gasteiger partial charge in [0.05, 0.1) is 12.0 Å². The van der Waals surface area contributed by atoms with Crippen molar-refractivity contribution in [2.24, 2.45) is 5.41 Å². The molecule has 5 heteroatoms. The maximum atomic E-state index is 11.5. The van der Waals surface area contributed by atoms with Crippen LogP contribution in [0.25, 0.3) is 0 Å². The molecule has 1 N–H and O–H groups in total. The molecule has 0 aromatic heterocycles. The number of hydrogen-bond donors (Lipinski definition) is 1. The second kappa shape index (κ2) is 4.35. The molecule has 0 saturated carbocycles. The Morgan fingerprint density at radius 2 is 2.08 bits per heavy atom. The van der Waals surface area contributed by atoms with E-state index in [2.05, 4.69) is 4.74 Å². The predicted molar refractivity (Wildman–Crippen MR) is 37.8 cm³/mol. The molecule has 72 valence electrons. The minimum absolute atomic E-state index is 0.422. The van der Waals surface area contributed by atoms with Crippen molar-refractivity contribution < 1.29 is 23.4 Å². The first-order valence-corrected chi connectivity index (χ1v) is 3.46. The van der Waals surface area contributed by atoms with Gasteiger partial charge in [0.25, 0.3) is 6.43 Å². The normalized spacial score (nSPS) is 11.8. The molecule has 0 aliphatic heterocycles. The van der Waals surface area contributed by atoms with E-state index >= 15 is 0 Å². The molecule has 0 aliphatic carbocycles. The average Bonchev–Trinajstić information content (AvgIpc) is 2.00. The minimum Gasteiger partial charge on any atom is -0.459 e. The SMILES string of the molecule is CC(C)(CO)C(=O)OCC(F)F. The molecule has 0 heterocycles. The number of ether oxygens (including phenoxy) is 1. The lowest BCUT2D eigenvalue weighted by molar-refractivity contribution is -0.160. The van der Waals surface area contributed by atoms with E-state index in [4.69, 9.17) is 5.11 Å². The highest BCUT2D eigenvalue weighted by atomic mass is 19.3. The number of esters is 1. The van der Waals surface area contributed by atoms with Crippen LogP contribution in [0.1, 0.15) is 13.8 Å². The summed E-state index contributed by atoms with van der Waals surface area (Å²) in [6.45, 7) is 1.50. The molecular weight excluding hydrogens is 170 g/mol. The van der Waals surface area contributed by atoms with Crippen molar-refractivity contribution in [3.63, 3.8) is 0 Å². The molecule has 0 aromatic carbocycles. The lowest BCUT2D eigenvalue weighted by Crippen LogP contribution is -2.31. The first-order valence-electron chi connectivity index (χ1n) is 3.46. The van der Waals surface area contributed by atoms with Crippen LogP contribution in [0.5, 0.6) is 0 Å². The van der Waals surface area contributed by atoms with Crippen molar-refractivity contribution >= 4 is 5.97 Å². The van der Waals surface area contributed by atoms with Gasteiger partial charge in [-0.05, 0) is 13.8 Å². The molecule has 0 spiro atoms. The molecule has 0 rings (SSSR count). The Kier molecular flexibility index (Phi) is 4.09. The van der Waals surface area contributed by atoms with Crippen molar-refractivity contribution in [2.45, 2.75) is 20.3 Å². The van der Waals surface area contributed by atoms with Gasteiger partial charge in [0.2, 0.25) is 0 Å². The number of carbonyl (C=O) groups excluding carboxylic acids is 1. The van der Waals surface area contributed by atoms with Crippen LogP contribution in [0.3, 0.4) is 0 Å². The van der Waals surface area contributed by atoms with Crippen LogP contribution in [0.15, 0.2) is 0 Å². The summed E-state index contributed by atoms with van der Waals surface area (Å²) in [5.74, 6) is -0.815. The standard InChI is InChI=1S/C7H12F2O3/c1-7(2,4-10)6(11)12-3-5(8)9/h5,10H,3-4H2,1-2H3. The van der Waals surface area contributed by atoms with Gasteiger partial charge in [0.1, 0.15) is 0 Å². The van der Waals surface area contributed by atoms with Crippen LogP contribution in [0.4, 0.5) is 8.78 Å². The molecule has 0 atom stereocenters. The number of alkyl halides is 2. The second-order valence-electron chi connectivity index (χ2n) is 3.03. The summed E-state index contributed by atoms with van der Waals surface area (Å²) in [7, 11) is 0. The fourth-order valence-electron chi connectivity index (χ4n) is 0.399. The monoisotopic (exact) mass is 182 g/mol. The van der Waals surface area contributed by atoms with E-state index in [-0.39, 0.29) is 0 Å². The zero-order valence-corrected chi connectivity index (χ0v) is 7.01. The highest BCUT2D eigenvalue weighted by Crippen LogP contribution is 2.15. The third-order valence-electron chi connectivity index (χ3n) is 1.29. The Bertz CT molecular complexity index is 157. The zero-order chi connectivity index (χ0) is 9.78. The van der Waals surface area contributed by atoms with Gasteiger partial charge in [-0.2, -0.15) is 0 Å². The Morgan fingerprint density at radius 3 is 2.42 bits per heavy atom. The van der Waals surface area contributed by atoms with Crippen LogP contribution in [0, 0.1) is 5.41 Å². The molecule has 3 nitrogen and oxygen atoms in total. The van der Waals surface area contributed by atoms with Gasteiger partial charge >= 0.3 is 5.97 Å². The van der Waals surface area contributed by atoms with Gasteiger partial charge in [-0.3, -0.25) is 4.79 Å². The predicted octanol–water partition coefficient (Wildman–Crippen LogP) is 0.813. The summed E-state index contributed by atoms with van der Waals surface area (Å²) in [6, 6.07) is 0. The van der Waals surface area contributed by atoms with Gasteiger partial charge in [-0.25, -0.2) is 8.78 Å². The molecule has 0 amide bonds. The largest absolute Gasteiger partial charge is 0.459 e. The smallest absolute Gasteiger partial charge is 0.314 e. The van der Waals surface area contributed by atoms with Crippen molar-refractivity contribution in [1.29, 1.82) is 0 Å². The summed E-state index contributed by atoms with van der Waals surface area (Å²) in [5, 5.41) is 8.64. The summed E-state index contributed by atoms with van der Waals surface area (Å²) >= 11 is 0. The van der Waals surface area contributed by atoms with Gasteiger partial charge in [0, 0.05) is 0 Å². The Balaban J connectivity index is 3.88. The number of hydrogen-bond acceptors (Lipinski definition) is 3. The number of carbonyl (C=O) groups is 1. The van der Waals surface area contributed by atoms with E-state index in [0.29, 0.717) is 0 Å². The fraction of sp³-hybridized carbons (Fsp3) is 0.857. The molecule has 0 aliphatic rings.